The van der Waals surface area contributed by atoms with Crippen LogP contribution in [0.3, 0.4) is 0 Å². The molecule has 1 N–H and O–H groups in total. The Morgan fingerprint density at radius 1 is 1.50 bits per heavy atom. The highest BCUT2D eigenvalue weighted by Gasteiger charge is 2.24. The van der Waals surface area contributed by atoms with E-state index >= 15 is 0 Å². The van der Waals surface area contributed by atoms with Gasteiger partial charge in [-0.2, -0.15) is 0 Å². The van der Waals surface area contributed by atoms with E-state index in [9.17, 15) is 0 Å². The van der Waals surface area contributed by atoms with E-state index in [-0.39, 0.29) is 0 Å². The fourth-order valence-corrected chi connectivity index (χ4v) is 1.93. The molecule has 0 aromatic heterocycles. The summed E-state index contributed by atoms with van der Waals surface area (Å²) in [5.74, 6) is 2.08. The monoisotopic (exact) mass is 216 g/mol. The normalized spacial score (nSPS) is 23.2. The molecule has 1 fully saturated rings. The van der Waals surface area contributed by atoms with Crippen LogP contribution in [0.1, 0.15) is 33.1 Å². The average molecular weight is 216 g/mol. The molecule has 0 bridgehead atoms. The number of nitrogens with zero attached hydrogens (tertiary/aromatic N) is 1. The predicted octanol–water partition coefficient (Wildman–Crippen LogP) is 3.19. The summed E-state index contributed by atoms with van der Waals surface area (Å²) in [4.78, 5) is 4.61. The fourth-order valence-electron chi connectivity index (χ4n) is 1.93. The van der Waals surface area contributed by atoms with E-state index in [1.165, 1.54) is 24.3 Å². The van der Waals surface area contributed by atoms with Gasteiger partial charge < -0.3 is 5.32 Å². The minimum atomic E-state index is 0.878. The van der Waals surface area contributed by atoms with Crippen LogP contribution in [-0.2, 0) is 0 Å². The molecule has 0 spiro atoms. The van der Waals surface area contributed by atoms with Gasteiger partial charge in [0.15, 0.2) is 0 Å². The topological polar surface area (TPSA) is 24.4 Å². The van der Waals surface area contributed by atoms with Crippen molar-refractivity contribution in [2.24, 2.45) is 10.9 Å². The minimum absolute atomic E-state index is 0.878. The smallest absolute Gasteiger partial charge is 0.102 e. The van der Waals surface area contributed by atoms with Crippen LogP contribution in [0.5, 0.6) is 0 Å². The second kappa shape index (κ2) is 4.69. The van der Waals surface area contributed by atoms with Gasteiger partial charge in [-0.25, -0.2) is 4.99 Å². The first-order valence-corrected chi connectivity index (χ1v) is 5.99. The zero-order valence-corrected chi connectivity index (χ0v) is 10.2. The van der Waals surface area contributed by atoms with Gasteiger partial charge in [0.25, 0.3) is 0 Å². The van der Waals surface area contributed by atoms with Crippen molar-refractivity contribution in [1.82, 2.24) is 5.32 Å². The zero-order chi connectivity index (χ0) is 11.5. The van der Waals surface area contributed by atoms with Crippen molar-refractivity contribution in [3.8, 4) is 0 Å². The van der Waals surface area contributed by atoms with Gasteiger partial charge in [0.1, 0.15) is 5.84 Å². The van der Waals surface area contributed by atoms with Crippen molar-refractivity contribution in [3.05, 3.63) is 35.6 Å². The molecule has 2 nitrogen and oxygen atoms in total. The van der Waals surface area contributed by atoms with Crippen molar-refractivity contribution in [3.63, 3.8) is 0 Å². The maximum Gasteiger partial charge on any atom is 0.102 e. The lowest BCUT2D eigenvalue weighted by Gasteiger charge is -1.96. The molecule has 0 amide bonds. The standard InChI is InChI=1S/C14H20N2/c1-10(2)6-11(3)7-13-9-15-14(16-13)8-12-4-5-12/h6-7,12H,1,4-5,8-9H2,2-3H3,(H,15,16)/b11-6-,13-7+. The molecule has 2 aliphatic rings. The quantitative estimate of drug-likeness (QED) is 0.717. The molecule has 0 saturated heterocycles. The first kappa shape index (κ1) is 11.2. The summed E-state index contributed by atoms with van der Waals surface area (Å²) < 4.78 is 0. The van der Waals surface area contributed by atoms with Gasteiger partial charge >= 0.3 is 0 Å². The Bertz CT molecular complexity index is 382. The van der Waals surface area contributed by atoms with Crippen molar-refractivity contribution < 1.29 is 0 Å². The molecule has 0 aromatic rings. The largest absolute Gasteiger partial charge is 0.368 e. The van der Waals surface area contributed by atoms with E-state index in [1.807, 2.05) is 6.92 Å². The van der Waals surface area contributed by atoms with E-state index in [1.54, 1.807) is 0 Å². The summed E-state index contributed by atoms with van der Waals surface area (Å²) in [6.45, 7) is 8.86. The Kier molecular flexibility index (Phi) is 3.28. The number of aliphatic imine (C=N–C) groups is 1. The molecule has 0 atom stereocenters. The van der Waals surface area contributed by atoms with Crippen molar-refractivity contribution >= 4 is 5.84 Å². The average Bonchev–Trinajstić information content (AvgIpc) is 2.86. The molecule has 0 unspecified atom stereocenters. The third-order valence-corrected chi connectivity index (χ3v) is 2.80. The molecule has 2 rings (SSSR count). The Hall–Kier alpha value is -1.31. The molecule has 0 radical (unpaired) electrons. The lowest BCUT2D eigenvalue weighted by Crippen LogP contribution is -2.18. The summed E-state index contributed by atoms with van der Waals surface area (Å²) in [5.41, 5.74) is 3.45. The molecule has 1 aliphatic carbocycles. The Balaban J connectivity index is 1.97. The second-order valence-electron chi connectivity index (χ2n) is 4.93. The predicted molar refractivity (Wildman–Crippen MR) is 69.4 cm³/mol. The Morgan fingerprint density at radius 2 is 2.25 bits per heavy atom. The molecule has 2 heteroatoms. The maximum absolute atomic E-state index is 4.61. The molecule has 0 aromatic carbocycles. The number of hydrogen-bond acceptors (Lipinski definition) is 2. The van der Waals surface area contributed by atoms with E-state index in [2.05, 4.69) is 36.0 Å². The third kappa shape index (κ3) is 3.37. The maximum atomic E-state index is 4.61. The van der Waals surface area contributed by atoms with Crippen LogP contribution in [0.25, 0.3) is 0 Å². The van der Waals surface area contributed by atoms with Crippen LogP contribution in [-0.4, -0.2) is 12.4 Å². The number of nitrogens with one attached hydrogen (secondary N) is 1. The molecule has 16 heavy (non-hydrogen) atoms. The fraction of sp³-hybridized carbons (Fsp3) is 0.500. The number of allylic oxidation sites excluding steroid dienone is 4. The van der Waals surface area contributed by atoms with E-state index < -0.39 is 0 Å². The number of hydrogen-bond donors (Lipinski definition) is 1. The molecule has 86 valence electrons. The zero-order valence-electron chi connectivity index (χ0n) is 10.2. The van der Waals surface area contributed by atoms with Crippen LogP contribution in [0, 0.1) is 5.92 Å². The van der Waals surface area contributed by atoms with Crippen molar-refractivity contribution in [1.29, 1.82) is 0 Å². The second-order valence-corrected chi connectivity index (χ2v) is 4.93. The van der Waals surface area contributed by atoms with Crippen LogP contribution in [0.2, 0.25) is 0 Å². The van der Waals surface area contributed by atoms with Crippen molar-refractivity contribution in [2.45, 2.75) is 33.1 Å². The Labute approximate surface area is 97.8 Å². The van der Waals surface area contributed by atoms with Gasteiger partial charge in [0.05, 0.1) is 12.2 Å². The molecule has 1 aliphatic heterocycles. The number of amidine groups is 1. The first-order chi connectivity index (χ1) is 7.63. The van der Waals surface area contributed by atoms with Crippen LogP contribution < -0.4 is 5.32 Å². The van der Waals surface area contributed by atoms with Crippen molar-refractivity contribution in [2.75, 3.05) is 6.54 Å². The van der Waals surface area contributed by atoms with E-state index in [0.717, 1.165) is 30.2 Å². The van der Waals surface area contributed by atoms with Gasteiger partial charge in [0, 0.05) is 6.42 Å². The highest BCUT2D eigenvalue weighted by atomic mass is 15.1. The van der Waals surface area contributed by atoms with Gasteiger partial charge in [0.2, 0.25) is 0 Å². The third-order valence-electron chi connectivity index (χ3n) is 2.80. The lowest BCUT2D eigenvalue weighted by atomic mass is 10.2. The molecular weight excluding hydrogens is 196 g/mol. The van der Waals surface area contributed by atoms with E-state index in [0.29, 0.717) is 0 Å². The highest BCUT2D eigenvalue weighted by Crippen LogP contribution is 2.33. The molecule has 1 heterocycles. The number of rotatable bonds is 4. The molecular formula is C14H20N2. The van der Waals surface area contributed by atoms with Crippen LogP contribution in [0.4, 0.5) is 0 Å². The minimum Gasteiger partial charge on any atom is -0.368 e. The van der Waals surface area contributed by atoms with Gasteiger partial charge in [-0.05, 0) is 44.3 Å². The molecule has 1 saturated carbocycles. The van der Waals surface area contributed by atoms with Gasteiger partial charge in [-0.1, -0.05) is 18.2 Å². The van der Waals surface area contributed by atoms with Crippen LogP contribution >= 0.6 is 0 Å². The summed E-state index contributed by atoms with van der Waals surface area (Å²) >= 11 is 0. The summed E-state index contributed by atoms with van der Waals surface area (Å²) in [6, 6.07) is 0. The summed E-state index contributed by atoms with van der Waals surface area (Å²) in [5, 5.41) is 3.37. The van der Waals surface area contributed by atoms with Gasteiger partial charge in [-0.3, -0.25) is 0 Å². The summed E-state index contributed by atoms with van der Waals surface area (Å²) in [6.07, 6.45) is 8.13. The highest BCUT2D eigenvalue weighted by molar-refractivity contribution is 5.86. The lowest BCUT2D eigenvalue weighted by molar-refractivity contribution is 0.866. The van der Waals surface area contributed by atoms with Crippen LogP contribution in [0.15, 0.2) is 40.6 Å². The van der Waals surface area contributed by atoms with E-state index in [4.69, 9.17) is 0 Å². The Morgan fingerprint density at radius 3 is 2.88 bits per heavy atom. The SMILES string of the molecule is C=C(C)/C=C(C)\C=C1/CNC(CC2CC2)=N1. The summed E-state index contributed by atoms with van der Waals surface area (Å²) in [7, 11) is 0. The first-order valence-electron chi connectivity index (χ1n) is 5.99. The van der Waals surface area contributed by atoms with Gasteiger partial charge in [-0.15, -0.1) is 0 Å².